The molecule has 2 nitrogen and oxygen atoms in total. The Hall–Kier alpha value is -0.800. The zero-order valence-electron chi connectivity index (χ0n) is 9.21. The first-order valence-corrected chi connectivity index (χ1v) is 6.70. The molecule has 1 rings (SSSR count). The minimum absolute atomic E-state index is 0.0315. The van der Waals surface area contributed by atoms with E-state index in [1.165, 1.54) is 12.1 Å². The molecule has 0 heterocycles. The van der Waals surface area contributed by atoms with E-state index in [1.807, 2.05) is 0 Å². The van der Waals surface area contributed by atoms with Gasteiger partial charge >= 0.3 is 11.6 Å². The van der Waals surface area contributed by atoms with Gasteiger partial charge in [0.05, 0.1) is 0 Å². The van der Waals surface area contributed by atoms with Crippen LogP contribution in [0.15, 0.2) is 34.1 Å². The van der Waals surface area contributed by atoms with Gasteiger partial charge in [-0.1, -0.05) is 12.1 Å². The molecule has 110 valence electrons. The smallest absolute Gasteiger partial charge is 0.278 e. The summed E-state index contributed by atoms with van der Waals surface area (Å²) in [6, 6.07) is 4.87. The van der Waals surface area contributed by atoms with Gasteiger partial charge in [-0.15, -0.1) is 0 Å². The summed E-state index contributed by atoms with van der Waals surface area (Å²) >= 11 is 4.28. The van der Waals surface area contributed by atoms with Crippen LogP contribution in [0.3, 0.4) is 0 Å². The van der Waals surface area contributed by atoms with E-state index in [-0.39, 0.29) is 33.3 Å². The Balaban J connectivity index is 2.95. The predicted octanol–water partition coefficient (Wildman–Crippen LogP) is 4.32. The highest BCUT2D eigenvalue weighted by molar-refractivity contribution is 8.16. The Labute approximate surface area is 123 Å². The summed E-state index contributed by atoms with van der Waals surface area (Å²) in [4.78, 5) is 21.4. The van der Waals surface area contributed by atoms with E-state index in [4.69, 9.17) is 0 Å². The van der Waals surface area contributed by atoms with Crippen LogP contribution in [-0.4, -0.2) is 21.8 Å². The first kappa shape index (κ1) is 17.3. The summed E-state index contributed by atoms with van der Waals surface area (Å²) < 4.78 is 61.5. The Morgan fingerprint density at radius 2 is 1.30 bits per heavy atom. The Morgan fingerprint density at radius 1 is 0.900 bits per heavy atom. The molecule has 0 unspecified atom stereocenters. The van der Waals surface area contributed by atoms with Gasteiger partial charge in [-0.3, -0.25) is 9.59 Å². The average Bonchev–Trinajstić information content (AvgIpc) is 2.29. The molecule has 1 aromatic carbocycles. The maximum atomic E-state index is 12.5. The van der Waals surface area contributed by atoms with Gasteiger partial charge in [-0.05, 0) is 47.3 Å². The second kappa shape index (κ2) is 6.31. The first-order valence-electron chi connectivity index (χ1n) is 4.69. The number of alkyl halides is 6. The standard InChI is InChI=1S/C10H4ClF5O2S2/c11-9(12,13)7(17)19-5-3-1-2-4-6(5)20-8(18)10(14,15)16/h1-4H. The van der Waals surface area contributed by atoms with E-state index >= 15 is 0 Å². The molecule has 10 heteroatoms. The third kappa shape index (κ3) is 4.95. The molecule has 0 radical (unpaired) electrons. The molecule has 0 atom stereocenters. The van der Waals surface area contributed by atoms with Crippen molar-refractivity contribution in [1.29, 1.82) is 0 Å². The van der Waals surface area contributed by atoms with E-state index in [2.05, 4.69) is 11.6 Å². The monoisotopic (exact) mass is 350 g/mol. The maximum Gasteiger partial charge on any atom is 0.461 e. The second-order valence-electron chi connectivity index (χ2n) is 3.22. The van der Waals surface area contributed by atoms with Crippen molar-refractivity contribution in [2.45, 2.75) is 21.3 Å². The molecule has 0 amide bonds. The third-order valence-corrected chi connectivity index (χ3v) is 4.14. The van der Waals surface area contributed by atoms with Crippen molar-refractivity contribution in [1.82, 2.24) is 0 Å². The molecule has 20 heavy (non-hydrogen) atoms. The van der Waals surface area contributed by atoms with Gasteiger partial charge in [-0.2, -0.15) is 22.0 Å². The minimum atomic E-state index is -5.07. The molecular formula is C10H4ClF5O2S2. The summed E-state index contributed by atoms with van der Waals surface area (Å²) in [6.45, 7) is 0. The van der Waals surface area contributed by atoms with E-state index in [0.717, 1.165) is 12.1 Å². The van der Waals surface area contributed by atoms with E-state index in [1.54, 1.807) is 0 Å². The van der Waals surface area contributed by atoms with Crippen molar-refractivity contribution in [3.8, 4) is 0 Å². The third-order valence-electron chi connectivity index (χ3n) is 1.72. The molecule has 0 saturated carbocycles. The van der Waals surface area contributed by atoms with Crippen molar-refractivity contribution in [3.05, 3.63) is 24.3 Å². The minimum Gasteiger partial charge on any atom is -0.278 e. The highest BCUT2D eigenvalue weighted by Crippen LogP contribution is 2.38. The predicted molar refractivity (Wildman–Crippen MR) is 65.0 cm³/mol. The summed E-state index contributed by atoms with van der Waals surface area (Å²) in [5.41, 5.74) is 0. The van der Waals surface area contributed by atoms with Crippen molar-refractivity contribution in [2.24, 2.45) is 0 Å². The molecule has 1 aromatic rings. The lowest BCUT2D eigenvalue weighted by Crippen LogP contribution is -2.19. The topological polar surface area (TPSA) is 34.1 Å². The Kier molecular flexibility index (Phi) is 5.45. The molecule has 0 aliphatic carbocycles. The van der Waals surface area contributed by atoms with Crippen LogP contribution in [0.1, 0.15) is 0 Å². The van der Waals surface area contributed by atoms with Crippen LogP contribution in [0, 0.1) is 0 Å². The van der Waals surface area contributed by atoms with E-state index in [9.17, 15) is 31.5 Å². The van der Waals surface area contributed by atoms with Crippen molar-refractivity contribution in [3.63, 3.8) is 0 Å². The molecule has 0 spiro atoms. The fourth-order valence-corrected chi connectivity index (χ4v) is 2.56. The zero-order valence-corrected chi connectivity index (χ0v) is 11.6. The summed E-state index contributed by atoms with van der Waals surface area (Å²) in [6.07, 6.45) is -5.07. The van der Waals surface area contributed by atoms with Gasteiger partial charge in [0.2, 0.25) is 0 Å². The van der Waals surface area contributed by atoms with Crippen molar-refractivity contribution in [2.75, 3.05) is 0 Å². The zero-order chi connectivity index (χ0) is 15.6. The van der Waals surface area contributed by atoms with Crippen molar-refractivity contribution < 1.29 is 31.5 Å². The number of rotatable bonds is 3. The van der Waals surface area contributed by atoms with Gasteiger partial charge in [0.1, 0.15) is 0 Å². The molecule has 0 aliphatic rings. The lowest BCUT2D eigenvalue weighted by atomic mass is 10.4. The fraction of sp³-hybridized carbons (Fsp3) is 0.200. The van der Waals surface area contributed by atoms with Gasteiger partial charge in [0.15, 0.2) is 0 Å². The molecule has 0 bridgehead atoms. The largest absolute Gasteiger partial charge is 0.461 e. The van der Waals surface area contributed by atoms with Crippen LogP contribution in [0.2, 0.25) is 0 Å². The second-order valence-corrected chi connectivity index (χ2v) is 5.73. The quantitative estimate of drug-likeness (QED) is 0.462. The fourth-order valence-electron chi connectivity index (χ4n) is 0.934. The lowest BCUT2D eigenvalue weighted by Gasteiger charge is -2.10. The number of hydrogen-bond acceptors (Lipinski definition) is 4. The molecule has 0 fully saturated rings. The summed E-state index contributed by atoms with van der Waals surface area (Å²) in [5, 5.41) is -8.00. The van der Waals surface area contributed by atoms with Crippen LogP contribution in [0.5, 0.6) is 0 Å². The molecule has 0 aliphatic heterocycles. The van der Waals surface area contributed by atoms with E-state index < -0.39 is 21.8 Å². The average molecular weight is 351 g/mol. The highest BCUT2D eigenvalue weighted by Gasteiger charge is 2.40. The van der Waals surface area contributed by atoms with Crippen LogP contribution in [0.4, 0.5) is 22.0 Å². The van der Waals surface area contributed by atoms with Crippen LogP contribution < -0.4 is 0 Å². The van der Waals surface area contributed by atoms with Gasteiger partial charge < -0.3 is 0 Å². The molecular weight excluding hydrogens is 347 g/mol. The number of hydrogen-bond donors (Lipinski definition) is 0. The Bertz CT molecular complexity index is 480. The summed E-state index contributed by atoms with van der Waals surface area (Å²) in [5.74, 6) is 0. The highest BCUT2D eigenvalue weighted by atomic mass is 35.5. The van der Waals surface area contributed by atoms with Crippen molar-refractivity contribution >= 4 is 45.4 Å². The SMILES string of the molecule is O=C(Sc1ccccc1SC(=O)C(F)(F)Cl)C(F)(F)F. The van der Waals surface area contributed by atoms with Gasteiger partial charge in [0.25, 0.3) is 10.2 Å². The number of thioether (sulfide) groups is 2. The number of carbonyl (C=O) groups is 2. The molecule has 0 saturated heterocycles. The summed E-state index contributed by atoms with van der Waals surface area (Å²) in [7, 11) is 0. The van der Waals surface area contributed by atoms with Gasteiger partial charge in [0, 0.05) is 9.79 Å². The molecule has 0 N–H and O–H groups in total. The number of benzene rings is 1. The number of halogens is 6. The van der Waals surface area contributed by atoms with Crippen LogP contribution in [0.25, 0.3) is 0 Å². The van der Waals surface area contributed by atoms with E-state index in [0.29, 0.717) is 0 Å². The van der Waals surface area contributed by atoms with Gasteiger partial charge in [-0.25, -0.2) is 0 Å². The van der Waals surface area contributed by atoms with Crippen LogP contribution in [-0.2, 0) is 9.59 Å². The number of carbonyl (C=O) groups excluding carboxylic acids is 2. The first-order chi connectivity index (χ1) is 9.01. The molecule has 0 aromatic heterocycles. The normalized spacial score (nSPS) is 12.3. The maximum absolute atomic E-state index is 12.5. The van der Waals surface area contributed by atoms with Crippen LogP contribution >= 0.6 is 35.1 Å². The lowest BCUT2D eigenvalue weighted by molar-refractivity contribution is -0.160. The Morgan fingerprint density at radius 3 is 1.65 bits per heavy atom.